The fourth-order valence-corrected chi connectivity index (χ4v) is 2.31. The first-order valence-corrected chi connectivity index (χ1v) is 7.45. The molecule has 0 atom stereocenters. The minimum absolute atomic E-state index is 0.0953. The van der Waals surface area contributed by atoms with Crippen molar-refractivity contribution >= 4 is 16.8 Å². The van der Waals surface area contributed by atoms with E-state index in [0.717, 1.165) is 5.56 Å². The maximum Gasteiger partial charge on any atom is 0.347 e. The standard InChI is InChI=1S/C19H16O4/c1-2-17(20)16-10-14-8-9-15(11-18(14)23-19(16)21)22-12-13-6-4-3-5-7-13/h3-11H,2,12H2,1H3. The Morgan fingerprint density at radius 3 is 2.61 bits per heavy atom. The molecule has 2 aromatic carbocycles. The maximum absolute atomic E-state index is 11.9. The van der Waals surface area contributed by atoms with Crippen LogP contribution in [0.15, 0.2) is 63.8 Å². The summed E-state index contributed by atoms with van der Waals surface area (Å²) in [6.45, 7) is 2.15. The van der Waals surface area contributed by atoms with Gasteiger partial charge in [0.1, 0.15) is 23.5 Å². The molecule has 0 bridgehead atoms. The van der Waals surface area contributed by atoms with E-state index < -0.39 is 5.63 Å². The average Bonchev–Trinajstić information content (AvgIpc) is 2.59. The summed E-state index contributed by atoms with van der Waals surface area (Å²) in [6, 6.07) is 16.6. The van der Waals surface area contributed by atoms with Gasteiger partial charge in [-0.25, -0.2) is 4.79 Å². The molecule has 0 radical (unpaired) electrons. The quantitative estimate of drug-likeness (QED) is 0.529. The van der Waals surface area contributed by atoms with E-state index >= 15 is 0 Å². The maximum atomic E-state index is 11.9. The molecule has 0 amide bonds. The fourth-order valence-electron chi connectivity index (χ4n) is 2.31. The highest BCUT2D eigenvalue weighted by Crippen LogP contribution is 2.21. The Balaban J connectivity index is 1.87. The Morgan fingerprint density at radius 2 is 1.87 bits per heavy atom. The molecule has 3 aromatic rings. The summed E-state index contributed by atoms with van der Waals surface area (Å²) >= 11 is 0. The molecule has 4 nitrogen and oxygen atoms in total. The summed E-state index contributed by atoms with van der Waals surface area (Å²) in [5.41, 5.74) is 0.952. The van der Waals surface area contributed by atoms with Crippen molar-refractivity contribution in [2.75, 3.05) is 0 Å². The van der Waals surface area contributed by atoms with E-state index in [1.54, 1.807) is 31.2 Å². The van der Waals surface area contributed by atoms with Crippen LogP contribution in [0.4, 0.5) is 0 Å². The Labute approximate surface area is 133 Å². The van der Waals surface area contributed by atoms with E-state index in [0.29, 0.717) is 23.3 Å². The zero-order valence-electron chi connectivity index (χ0n) is 12.7. The van der Waals surface area contributed by atoms with E-state index in [2.05, 4.69) is 0 Å². The molecule has 1 aromatic heterocycles. The molecular weight excluding hydrogens is 292 g/mol. The molecule has 0 N–H and O–H groups in total. The number of hydrogen-bond donors (Lipinski definition) is 0. The highest BCUT2D eigenvalue weighted by molar-refractivity contribution is 5.98. The summed E-state index contributed by atoms with van der Waals surface area (Å²) < 4.78 is 11.0. The van der Waals surface area contributed by atoms with Crippen LogP contribution in [0.25, 0.3) is 11.0 Å². The number of carbonyl (C=O) groups is 1. The van der Waals surface area contributed by atoms with Gasteiger partial charge in [0, 0.05) is 17.9 Å². The van der Waals surface area contributed by atoms with Crippen molar-refractivity contribution in [2.45, 2.75) is 20.0 Å². The topological polar surface area (TPSA) is 56.5 Å². The number of rotatable bonds is 5. The molecule has 0 saturated carbocycles. The van der Waals surface area contributed by atoms with Crippen molar-refractivity contribution in [2.24, 2.45) is 0 Å². The molecular formula is C19H16O4. The molecule has 0 spiro atoms. The van der Waals surface area contributed by atoms with Crippen molar-refractivity contribution in [1.82, 2.24) is 0 Å². The molecule has 0 unspecified atom stereocenters. The smallest absolute Gasteiger partial charge is 0.347 e. The number of fused-ring (bicyclic) bond motifs is 1. The van der Waals surface area contributed by atoms with Crippen LogP contribution in [0.2, 0.25) is 0 Å². The highest BCUT2D eigenvalue weighted by Gasteiger charge is 2.12. The first kappa shape index (κ1) is 15.0. The molecule has 3 rings (SSSR count). The van der Waals surface area contributed by atoms with E-state index in [-0.39, 0.29) is 17.8 Å². The number of hydrogen-bond acceptors (Lipinski definition) is 4. The van der Waals surface area contributed by atoms with Gasteiger partial charge in [-0.1, -0.05) is 37.3 Å². The summed E-state index contributed by atoms with van der Waals surface area (Å²) in [5.74, 6) is 0.393. The van der Waals surface area contributed by atoms with Crippen LogP contribution >= 0.6 is 0 Å². The molecule has 0 fully saturated rings. The zero-order valence-corrected chi connectivity index (χ0v) is 12.7. The van der Waals surface area contributed by atoms with Gasteiger partial charge < -0.3 is 9.15 Å². The first-order valence-electron chi connectivity index (χ1n) is 7.45. The van der Waals surface area contributed by atoms with Gasteiger partial charge in [-0.2, -0.15) is 0 Å². The third-order valence-corrected chi connectivity index (χ3v) is 3.58. The number of Topliss-reactive ketones (excluding diaryl/α,β-unsaturated/α-hetero) is 1. The Bertz CT molecular complexity index is 894. The van der Waals surface area contributed by atoms with Crippen LogP contribution in [0, 0.1) is 0 Å². The van der Waals surface area contributed by atoms with Crippen LogP contribution < -0.4 is 10.4 Å². The second kappa shape index (κ2) is 6.48. The lowest BCUT2D eigenvalue weighted by molar-refractivity contribution is 0.0985. The van der Waals surface area contributed by atoms with Gasteiger partial charge >= 0.3 is 5.63 Å². The van der Waals surface area contributed by atoms with Gasteiger partial charge in [0.2, 0.25) is 0 Å². The summed E-state index contributed by atoms with van der Waals surface area (Å²) in [6.07, 6.45) is 0.272. The molecule has 23 heavy (non-hydrogen) atoms. The number of carbonyl (C=O) groups excluding carboxylic acids is 1. The second-order valence-corrected chi connectivity index (χ2v) is 5.20. The van der Waals surface area contributed by atoms with Crippen molar-refractivity contribution in [3.05, 3.63) is 76.1 Å². The Morgan fingerprint density at radius 1 is 1.09 bits per heavy atom. The van der Waals surface area contributed by atoms with Crippen LogP contribution in [0.5, 0.6) is 5.75 Å². The van der Waals surface area contributed by atoms with Gasteiger partial charge in [-0.15, -0.1) is 0 Å². The van der Waals surface area contributed by atoms with E-state index in [4.69, 9.17) is 9.15 Å². The lowest BCUT2D eigenvalue weighted by atomic mass is 10.1. The minimum Gasteiger partial charge on any atom is -0.489 e. The van der Waals surface area contributed by atoms with E-state index in [9.17, 15) is 9.59 Å². The number of ether oxygens (including phenoxy) is 1. The van der Waals surface area contributed by atoms with Crippen molar-refractivity contribution in [1.29, 1.82) is 0 Å². The number of ketones is 1. The van der Waals surface area contributed by atoms with Gasteiger partial charge in [0.25, 0.3) is 0 Å². The normalized spacial score (nSPS) is 10.7. The van der Waals surface area contributed by atoms with Crippen LogP contribution in [0.1, 0.15) is 29.3 Å². The summed E-state index contributed by atoms with van der Waals surface area (Å²) in [4.78, 5) is 23.6. The van der Waals surface area contributed by atoms with E-state index in [1.165, 1.54) is 0 Å². The third kappa shape index (κ3) is 3.31. The Kier molecular flexibility index (Phi) is 4.24. The predicted octanol–water partition coefficient (Wildman–Crippen LogP) is 3.96. The van der Waals surface area contributed by atoms with Gasteiger partial charge in [0.15, 0.2) is 5.78 Å². The summed E-state index contributed by atoms with van der Waals surface area (Å²) in [7, 11) is 0. The van der Waals surface area contributed by atoms with Crippen molar-refractivity contribution in [3.8, 4) is 5.75 Å². The predicted molar refractivity (Wildman–Crippen MR) is 87.9 cm³/mol. The van der Waals surface area contributed by atoms with Gasteiger partial charge in [-0.3, -0.25) is 4.79 Å². The largest absolute Gasteiger partial charge is 0.489 e. The van der Waals surface area contributed by atoms with E-state index in [1.807, 2.05) is 30.3 Å². The molecule has 0 aliphatic rings. The summed E-state index contributed by atoms with van der Waals surface area (Å²) in [5, 5.41) is 0.702. The molecule has 116 valence electrons. The van der Waals surface area contributed by atoms with Gasteiger partial charge in [-0.05, 0) is 23.8 Å². The van der Waals surface area contributed by atoms with Crippen LogP contribution in [0.3, 0.4) is 0 Å². The van der Waals surface area contributed by atoms with Crippen molar-refractivity contribution < 1.29 is 13.9 Å². The van der Waals surface area contributed by atoms with Gasteiger partial charge in [0.05, 0.1) is 0 Å². The third-order valence-electron chi connectivity index (χ3n) is 3.58. The average molecular weight is 308 g/mol. The zero-order chi connectivity index (χ0) is 16.2. The lowest BCUT2D eigenvalue weighted by Gasteiger charge is -2.07. The minimum atomic E-state index is -0.607. The fraction of sp³-hybridized carbons (Fsp3) is 0.158. The molecule has 4 heteroatoms. The first-order chi connectivity index (χ1) is 11.2. The molecule has 1 heterocycles. The molecule has 0 aliphatic carbocycles. The molecule has 0 saturated heterocycles. The lowest BCUT2D eigenvalue weighted by Crippen LogP contribution is -2.12. The molecule has 0 aliphatic heterocycles. The SMILES string of the molecule is CCC(=O)c1cc2ccc(OCc3ccccc3)cc2oc1=O. The Hall–Kier alpha value is -2.88. The highest BCUT2D eigenvalue weighted by atomic mass is 16.5. The monoisotopic (exact) mass is 308 g/mol. The van der Waals surface area contributed by atoms with Crippen LogP contribution in [-0.2, 0) is 6.61 Å². The number of benzene rings is 2. The van der Waals surface area contributed by atoms with Crippen LogP contribution in [-0.4, -0.2) is 5.78 Å². The second-order valence-electron chi connectivity index (χ2n) is 5.20. The van der Waals surface area contributed by atoms with Crippen molar-refractivity contribution in [3.63, 3.8) is 0 Å².